The first-order chi connectivity index (χ1) is 5.75. The summed E-state index contributed by atoms with van der Waals surface area (Å²) in [5.41, 5.74) is 0. The average Bonchev–Trinajstić information content (AvgIpc) is 2.05. The molecule has 1 aliphatic heterocycles. The topological polar surface area (TPSA) is 41.6 Å². The maximum absolute atomic E-state index is 11.3. The van der Waals surface area contributed by atoms with Crippen molar-refractivity contribution in [3.63, 3.8) is 0 Å². The first kappa shape index (κ1) is 9.32. The summed E-state index contributed by atoms with van der Waals surface area (Å²) < 4.78 is 4.91. The first-order valence-electron chi connectivity index (χ1n) is 4.39. The molecule has 0 aromatic carbocycles. The second-order valence-electron chi connectivity index (χ2n) is 2.95. The molecule has 0 aromatic heterocycles. The van der Waals surface area contributed by atoms with E-state index in [1.54, 1.807) is 4.90 Å². The van der Waals surface area contributed by atoms with Crippen LogP contribution < -0.4 is 5.32 Å². The van der Waals surface area contributed by atoms with Gasteiger partial charge in [0, 0.05) is 25.7 Å². The molecular formula is C8H16N2O2. The summed E-state index contributed by atoms with van der Waals surface area (Å²) >= 11 is 0. The van der Waals surface area contributed by atoms with Crippen molar-refractivity contribution in [2.45, 2.75) is 19.9 Å². The predicted molar refractivity (Wildman–Crippen MR) is 46.1 cm³/mol. The lowest BCUT2D eigenvalue weighted by molar-refractivity contribution is 0.0852. The van der Waals surface area contributed by atoms with E-state index >= 15 is 0 Å². The summed E-state index contributed by atoms with van der Waals surface area (Å²) in [6.07, 6.45) is -0.188. The van der Waals surface area contributed by atoms with Gasteiger partial charge in [-0.05, 0) is 13.8 Å². The summed E-state index contributed by atoms with van der Waals surface area (Å²) in [6.45, 7) is 6.77. The van der Waals surface area contributed by atoms with Gasteiger partial charge < -0.3 is 15.0 Å². The standard InChI is InChI=1S/C8H16N2O2/c1-3-12-8(11)10-5-4-9-6-7(10)2/h7,9H,3-6H2,1-2H3/t7-/m0/s1. The molecule has 0 unspecified atom stereocenters. The van der Waals surface area contributed by atoms with Gasteiger partial charge in [-0.15, -0.1) is 0 Å². The molecule has 1 heterocycles. The molecular weight excluding hydrogens is 156 g/mol. The van der Waals surface area contributed by atoms with Crippen molar-refractivity contribution >= 4 is 6.09 Å². The predicted octanol–water partition coefficient (Wildman–Crippen LogP) is 0.437. The van der Waals surface area contributed by atoms with Crippen molar-refractivity contribution in [2.75, 3.05) is 26.2 Å². The van der Waals surface area contributed by atoms with E-state index < -0.39 is 0 Å². The van der Waals surface area contributed by atoms with Gasteiger partial charge in [-0.1, -0.05) is 0 Å². The van der Waals surface area contributed by atoms with Gasteiger partial charge in [0.25, 0.3) is 0 Å². The molecule has 1 aliphatic rings. The summed E-state index contributed by atoms with van der Waals surface area (Å²) in [7, 11) is 0. The van der Waals surface area contributed by atoms with E-state index in [0.29, 0.717) is 6.61 Å². The summed E-state index contributed by atoms with van der Waals surface area (Å²) in [5, 5.41) is 3.21. The number of amides is 1. The fraction of sp³-hybridized carbons (Fsp3) is 0.875. The van der Waals surface area contributed by atoms with Gasteiger partial charge in [0.2, 0.25) is 0 Å². The van der Waals surface area contributed by atoms with E-state index in [2.05, 4.69) is 5.32 Å². The van der Waals surface area contributed by atoms with Crippen LogP contribution in [0.4, 0.5) is 4.79 Å². The van der Waals surface area contributed by atoms with E-state index in [1.807, 2.05) is 13.8 Å². The molecule has 1 amide bonds. The molecule has 12 heavy (non-hydrogen) atoms. The van der Waals surface area contributed by atoms with Crippen LogP contribution in [0.3, 0.4) is 0 Å². The number of hydrogen-bond acceptors (Lipinski definition) is 3. The molecule has 0 spiro atoms. The molecule has 0 saturated carbocycles. The monoisotopic (exact) mass is 172 g/mol. The number of ether oxygens (including phenoxy) is 1. The van der Waals surface area contributed by atoms with Crippen LogP contribution in [0.5, 0.6) is 0 Å². The van der Waals surface area contributed by atoms with Crippen molar-refractivity contribution in [3.8, 4) is 0 Å². The summed E-state index contributed by atoms with van der Waals surface area (Å²) in [4.78, 5) is 13.0. The van der Waals surface area contributed by atoms with Crippen LogP contribution >= 0.6 is 0 Å². The van der Waals surface area contributed by atoms with E-state index in [1.165, 1.54) is 0 Å². The van der Waals surface area contributed by atoms with Crippen molar-refractivity contribution in [1.82, 2.24) is 10.2 Å². The lowest BCUT2D eigenvalue weighted by Crippen LogP contribution is -2.52. The van der Waals surface area contributed by atoms with Crippen LogP contribution in [0.15, 0.2) is 0 Å². The molecule has 1 saturated heterocycles. The minimum Gasteiger partial charge on any atom is -0.450 e. The molecule has 0 aromatic rings. The van der Waals surface area contributed by atoms with Gasteiger partial charge in [-0.3, -0.25) is 0 Å². The third kappa shape index (κ3) is 2.11. The molecule has 0 radical (unpaired) electrons. The lowest BCUT2D eigenvalue weighted by atomic mass is 10.2. The Morgan fingerprint density at radius 3 is 3.08 bits per heavy atom. The van der Waals surface area contributed by atoms with Gasteiger partial charge in [0.15, 0.2) is 0 Å². The fourth-order valence-corrected chi connectivity index (χ4v) is 1.32. The highest BCUT2D eigenvalue weighted by Crippen LogP contribution is 2.04. The second-order valence-corrected chi connectivity index (χ2v) is 2.95. The molecule has 4 heteroatoms. The Kier molecular flexibility index (Phi) is 3.34. The Labute approximate surface area is 72.9 Å². The maximum atomic E-state index is 11.3. The van der Waals surface area contributed by atoms with Gasteiger partial charge in [0.05, 0.1) is 6.61 Å². The van der Waals surface area contributed by atoms with E-state index in [9.17, 15) is 4.79 Å². The zero-order chi connectivity index (χ0) is 8.97. The van der Waals surface area contributed by atoms with Crippen LogP contribution in [-0.2, 0) is 4.74 Å². The third-order valence-electron chi connectivity index (χ3n) is 2.00. The van der Waals surface area contributed by atoms with Gasteiger partial charge in [-0.25, -0.2) is 4.79 Å². The van der Waals surface area contributed by atoms with Crippen molar-refractivity contribution in [2.24, 2.45) is 0 Å². The average molecular weight is 172 g/mol. The van der Waals surface area contributed by atoms with Crippen LogP contribution in [0, 0.1) is 0 Å². The Morgan fingerprint density at radius 2 is 2.50 bits per heavy atom. The number of carbonyl (C=O) groups excluding carboxylic acids is 1. The van der Waals surface area contributed by atoms with Gasteiger partial charge in [0.1, 0.15) is 0 Å². The molecule has 70 valence electrons. The molecule has 0 aliphatic carbocycles. The van der Waals surface area contributed by atoms with Crippen LogP contribution in [0.2, 0.25) is 0 Å². The Hall–Kier alpha value is -0.770. The highest BCUT2D eigenvalue weighted by molar-refractivity contribution is 5.68. The van der Waals surface area contributed by atoms with Crippen LogP contribution in [0.25, 0.3) is 0 Å². The van der Waals surface area contributed by atoms with E-state index in [0.717, 1.165) is 19.6 Å². The number of carbonyl (C=O) groups is 1. The quantitative estimate of drug-likeness (QED) is 0.624. The number of hydrogen-bond donors (Lipinski definition) is 1. The number of rotatable bonds is 1. The molecule has 1 atom stereocenters. The number of nitrogens with one attached hydrogen (secondary N) is 1. The molecule has 1 N–H and O–H groups in total. The molecule has 0 bridgehead atoms. The van der Waals surface area contributed by atoms with E-state index in [4.69, 9.17) is 4.74 Å². The third-order valence-corrected chi connectivity index (χ3v) is 2.00. The number of piperazine rings is 1. The Morgan fingerprint density at radius 1 is 1.75 bits per heavy atom. The molecule has 1 rings (SSSR count). The number of nitrogens with zero attached hydrogens (tertiary/aromatic N) is 1. The van der Waals surface area contributed by atoms with Crippen molar-refractivity contribution in [1.29, 1.82) is 0 Å². The van der Waals surface area contributed by atoms with Gasteiger partial charge >= 0.3 is 6.09 Å². The SMILES string of the molecule is CCOC(=O)N1CCNC[C@@H]1C. The van der Waals surface area contributed by atoms with Crippen LogP contribution in [-0.4, -0.2) is 43.3 Å². The Balaban J connectivity index is 2.42. The van der Waals surface area contributed by atoms with E-state index in [-0.39, 0.29) is 12.1 Å². The molecule has 4 nitrogen and oxygen atoms in total. The Bertz CT molecular complexity index is 161. The van der Waals surface area contributed by atoms with Crippen LogP contribution in [0.1, 0.15) is 13.8 Å². The summed E-state index contributed by atoms with van der Waals surface area (Å²) in [5.74, 6) is 0. The van der Waals surface area contributed by atoms with Crippen molar-refractivity contribution < 1.29 is 9.53 Å². The fourth-order valence-electron chi connectivity index (χ4n) is 1.32. The van der Waals surface area contributed by atoms with Crippen molar-refractivity contribution in [3.05, 3.63) is 0 Å². The largest absolute Gasteiger partial charge is 0.450 e. The zero-order valence-electron chi connectivity index (χ0n) is 7.67. The normalized spacial score (nSPS) is 23.8. The highest BCUT2D eigenvalue weighted by Gasteiger charge is 2.23. The highest BCUT2D eigenvalue weighted by atomic mass is 16.6. The molecule has 1 fully saturated rings. The minimum absolute atomic E-state index is 0.188. The smallest absolute Gasteiger partial charge is 0.410 e. The van der Waals surface area contributed by atoms with Gasteiger partial charge in [-0.2, -0.15) is 0 Å². The first-order valence-corrected chi connectivity index (χ1v) is 4.39. The lowest BCUT2D eigenvalue weighted by Gasteiger charge is -2.32. The zero-order valence-corrected chi connectivity index (χ0v) is 7.67. The minimum atomic E-state index is -0.188. The second kappa shape index (κ2) is 4.30. The maximum Gasteiger partial charge on any atom is 0.410 e. The summed E-state index contributed by atoms with van der Waals surface area (Å²) in [6, 6.07) is 0.248.